The second-order valence-electron chi connectivity index (χ2n) is 8.68. The van der Waals surface area contributed by atoms with E-state index in [1.165, 1.54) is 0 Å². The molecule has 0 aliphatic carbocycles. The fourth-order valence-electron chi connectivity index (χ4n) is 4.64. The maximum absolute atomic E-state index is 6.47. The van der Waals surface area contributed by atoms with Gasteiger partial charge in [-0.25, -0.2) is 4.98 Å². The Balaban J connectivity index is 1.64. The van der Waals surface area contributed by atoms with Gasteiger partial charge in [0, 0.05) is 34.8 Å². The minimum Gasteiger partial charge on any atom is -0.497 e. The molecule has 5 aromatic rings. The molecule has 182 valence electrons. The monoisotopic (exact) mass is 479 g/mol. The fraction of sp³-hybridized carbons (Fsp3) is 0.172. The molecule has 0 saturated heterocycles. The second-order valence-corrected chi connectivity index (χ2v) is 8.68. The van der Waals surface area contributed by atoms with E-state index in [-0.39, 0.29) is 11.9 Å². The van der Waals surface area contributed by atoms with Crippen molar-refractivity contribution < 1.29 is 9.47 Å². The molecule has 2 heterocycles. The lowest BCUT2D eigenvalue weighted by Gasteiger charge is -2.19. The van der Waals surface area contributed by atoms with Gasteiger partial charge in [0.1, 0.15) is 23.9 Å². The van der Waals surface area contributed by atoms with Gasteiger partial charge in [0.05, 0.1) is 12.6 Å². The Morgan fingerprint density at radius 1 is 1.00 bits per heavy atom. The van der Waals surface area contributed by atoms with E-state index in [0.717, 1.165) is 56.6 Å². The molecule has 2 aromatic heterocycles. The first kappa shape index (κ1) is 23.2. The number of hydrogen-bond acceptors (Lipinski definition) is 6. The summed E-state index contributed by atoms with van der Waals surface area (Å²) in [6, 6.07) is 22.4. The third-order valence-electron chi connectivity index (χ3n) is 6.44. The molecule has 0 aliphatic rings. The maximum Gasteiger partial charge on any atom is 0.221 e. The number of nitrogens with two attached hydrogens (primary N) is 2. The van der Waals surface area contributed by atoms with Gasteiger partial charge in [-0.2, -0.15) is 4.98 Å². The minimum atomic E-state index is -0.0161. The van der Waals surface area contributed by atoms with E-state index >= 15 is 0 Å². The number of aromatic amines is 1. The van der Waals surface area contributed by atoms with E-state index in [0.29, 0.717) is 12.4 Å². The van der Waals surface area contributed by atoms with Gasteiger partial charge in [-0.15, -0.1) is 0 Å². The standard InChI is InChI=1S/C29H29N5O2/c1-3-22(24-16-33-29(31)34-28(24)30)20-13-25-27(26(14-20)36-17-18-8-5-4-6-9-18)23(15-32-25)19-10-7-11-21(12-19)35-2/h4-16,22,32H,3,17H2,1-2H3,(H4,30,31,33,34). The van der Waals surface area contributed by atoms with Crippen LogP contribution in [0.2, 0.25) is 0 Å². The van der Waals surface area contributed by atoms with Crippen molar-refractivity contribution in [1.82, 2.24) is 15.0 Å². The average molecular weight is 480 g/mol. The summed E-state index contributed by atoms with van der Waals surface area (Å²) in [4.78, 5) is 11.8. The normalized spacial score (nSPS) is 11.9. The first-order valence-electron chi connectivity index (χ1n) is 11.9. The van der Waals surface area contributed by atoms with E-state index in [1.54, 1.807) is 13.3 Å². The molecule has 1 atom stereocenters. The van der Waals surface area contributed by atoms with Crippen LogP contribution in [0.3, 0.4) is 0 Å². The molecule has 0 bridgehead atoms. The summed E-state index contributed by atoms with van der Waals surface area (Å²) in [6.45, 7) is 2.57. The minimum absolute atomic E-state index is 0.0161. The van der Waals surface area contributed by atoms with Crippen LogP contribution in [0, 0.1) is 0 Å². The van der Waals surface area contributed by atoms with Gasteiger partial charge in [0.2, 0.25) is 5.95 Å². The molecule has 0 spiro atoms. The lowest BCUT2D eigenvalue weighted by Crippen LogP contribution is -2.09. The average Bonchev–Trinajstić information content (AvgIpc) is 3.34. The predicted octanol–water partition coefficient (Wildman–Crippen LogP) is 5.92. The Morgan fingerprint density at radius 2 is 1.83 bits per heavy atom. The van der Waals surface area contributed by atoms with Crippen LogP contribution in [0.1, 0.15) is 36.0 Å². The summed E-state index contributed by atoms with van der Waals surface area (Å²) < 4.78 is 11.9. The van der Waals surface area contributed by atoms with E-state index in [2.05, 4.69) is 52.2 Å². The third kappa shape index (κ3) is 4.55. The van der Waals surface area contributed by atoms with Crippen LogP contribution in [-0.4, -0.2) is 22.1 Å². The van der Waals surface area contributed by atoms with Crippen molar-refractivity contribution in [2.75, 3.05) is 18.6 Å². The van der Waals surface area contributed by atoms with Gasteiger partial charge in [-0.05, 0) is 47.4 Å². The van der Waals surface area contributed by atoms with Crippen LogP contribution < -0.4 is 20.9 Å². The molecule has 7 nitrogen and oxygen atoms in total. The molecule has 0 aliphatic heterocycles. The van der Waals surface area contributed by atoms with E-state index < -0.39 is 0 Å². The Hall–Kier alpha value is -4.52. The predicted molar refractivity (Wildman–Crippen MR) is 144 cm³/mol. The lowest BCUT2D eigenvalue weighted by atomic mass is 9.89. The molecular formula is C29H29N5O2. The fourth-order valence-corrected chi connectivity index (χ4v) is 4.64. The van der Waals surface area contributed by atoms with Gasteiger partial charge in [0.25, 0.3) is 0 Å². The van der Waals surface area contributed by atoms with Crippen LogP contribution >= 0.6 is 0 Å². The maximum atomic E-state index is 6.47. The van der Waals surface area contributed by atoms with E-state index in [9.17, 15) is 0 Å². The number of fused-ring (bicyclic) bond motifs is 1. The molecule has 5 rings (SSSR count). The molecule has 7 heteroatoms. The molecular weight excluding hydrogens is 450 g/mol. The topological polar surface area (TPSA) is 112 Å². The zero-order chi connectivity index (χ0) is 25.1. The first-order chi connectivity index (χ1) is 17.6. The van der Waals surface area contributed by atoms with Crippen LogP contribution in [0.15, 0.2) is 79.1 Å². The van der Waals surface area contributed by atoms with Gasteiger partial charge in [0.15, 0.2) is 0 Å². The highest BCUT2D eigenvalue weighted by Crippen LogP contribution is 2.41. The number of nitrogens with one attached hydrogen (secondary N) is 1. The Morgan fingerprint density at radius 3 is 2.58 bits per heavy atom. The largest absolute Gasteiger partial charge is 0.497 e. The van der Waals surface area contributed by atoms with Gasteiger partial charge in [-0.1, -0.05) is 49.4 Å². The number of ether oxygens (including phenoxy) is 2. The van der Waals surface area contributed by atoms with Crippen LogP contribution in [-0.2, 0) is 6.61 Å². The van der Waals surface area contributed by atoms with E-state index in [1.807, 2.05) is 42.6 Å². The highest BCUT2D eigenvalue weighted by atomic mass is 16.5. The number of rotatable bonds is 8. The van der Waals surface area contributed by atoms with Crippen molar-refractivity contribution in [3.8, 4) is 22.6 Å². The van der Waals surface area contributed by atoms with Crippen LogP contribution in [0.4, 0.5) is 11.8 Å². The number of H-pyrrole nitrogens is 1. The Kier molecular flexibility index (Phi) is 6.45. The zero-order valence-corrected chi connectivity index (χ0v) is 20.4. The molecule has 36 heavy (non-hydrogen) atoms. The van der Waals surface area contributed by atoms with Crippen molar-refractivity contribution in [1.29, 1.82) is 0 Å². The van der Waals surface area contributed by atoms with Crippen molar-refractivity contribution >= 4 is 22.7 Å². The number of nitrogen functional groups attached to an aromatic ring is 2. The zero-order valence-electron chi connectivity index (χ0n) is 20.4. The number of methoxy groups -OCH3 is 1. The smallest absolute Gasteiger partial charge is 0.221 e. The molecule has 0 fully saturated rings. The Labute approximate surface area is 210 Å². The van der Waals surface area contributed by atoms with Crippen LogP contribution in [0.5, 0.6) is 11.5 Å². The summed E-state index contributed by atoms with van der Waals surface area (Å²) >= 11 is 0. The van der Waals surface area contributed by atoms with Crippen molar-refractivity contribution in [2.24, 2.45) is 0 Å². The SMILES string of the molecule is CCC(c1cc(OCc2ccccc2)c2c(-c3cccc(OC)c3)c[nH]c2c1)c1cnc(N)nc1N. The molecule has 0 amide bonds. The first-order valence-corrected chi connectivity index (χ1v) is 11.9. The van der Waals surface area contributed by atoms with Crippen molar-refractivity contribution in [3.63, 3.8) is 0 Å². The summed E-state index contributed by atoms with van der Waals surface area (Å²) in [7, 11) is 1.67. The number of benzene rings is 3. The van der Waals surface area contributed by atoms with Crippen molar-refractivity contribution in [2.45, 2.75) is 25.9 Å². The van der Waals surface area contributed by atoms with E-state index in [4.69, 9.17) is 20.9 Å². The van der Waals surface area contributed by atoms with Crippen LogP contribution in [0.25, 0.3) is 22.0 Å². The molecule has 0 radical (unpaired) electrons. The Bertz CT molecular complexity index is 1500. The lowest BCUT2D eigenvalue weighted by molar-refractivity contribution is 0.309. The van der Waals surface area contributed by atoms with Gasteiger partial charge < -0.3 is 25.9 Å². The number of hydrogen-bond donors (Lipinski definition) is 3. The van der Waals surface area contributed by atoms with Crippen molar-refractivity contribution in [3.05, 3.63) is 95.8 Å². The molecule has 1 unspecified atom stereocenters. The van der Waals surface area contributed by atoms with Gasteiger partial charge in [-0.3, -0.25) is 0 Å². The number of aromatic nitrogens is 3. The molecule has 0 saturated carbocycles. The highest BCUT2D eigenvalue weighted by molar-refractivity contribution is 6.00. The third-order valence-corrected chi connectivity index (χ3v) is 6.44. The van der Waals surface area contributed by atoms with Gasteiger partial charge >= 0.3 is 0 Å². The number of nitrogens with zero attached hydrogens (tertiary/aromatic N) is 2. The summed E-state index contributed by atoms with van der Waals surface area (Å²) in [6.07, 6.45) is 4.54. The summed E-state index contributed by atoms with van der Waals surface area (Å²) in [5.41, 5.74) is 18.1. The quantitative estimate of drug-likeness (QED) is 0.255. The summed E-state index contributed by atoms with van der Waals surface area (Å²) in [5.74, 6) is 2.14. The second kappa shape index (κ2) is 10.00. The molecule has 5 N–H and O–H groups in total. The molecule has 3 aromatic carbocycles. The summed E-state index contributed by atoms with van der Waals surface area (Å²) in [5, 5.41) is 1.01. The number of anilines is 2. The highest BCUT2D eigenvalue weighted by Gasteiger charge is 2.21.